The van der Waals surface area contributed by atoms with Crippen LogP contribution in [0.2, 0.25) is 0 Å². The molecule has 11 heteroatoms. The first-order valence-corrected chi connectivity index (χ1v) is 13.2. The summed E-state index contributed by atoms with van der Waals surface area (Å²) in [5.74, 6) is -8.17. The molecule has 2 aromatic carbocycles. The molecule has 0 amide bonds. The zero-order valence-corrected chi connectivity index (χ0v) is 22.1. The normalized spacial score (nSPS) is 15.9. The van der Waals surface area contributed by atoms with Crippen LogP contribution >= 0.6 is 0 Å². The number of hydrogen-bond donors (Lipinski definition) is 1. The molecule has 4 aromatic rings. The fourth-order valence-electron chi connectivity index (χ4n) is 5.10. The van der Waals surface area contributed by atoms with E-state index in [4.69, 9.17) is 4.74 Å². The number of carbonyl (C=O) groups is 1. The molecule has 1 N–H and O–H groups in total. The lowest BCUT2D eigenvalue weighted by molar-refractivity contribution is -0.124. The molecule has 2 heterocycles. The minimum absolute atomic E-state index is 0.0789. The highest BCUT2D eigenvalue weighted by atomic mass is 19.2. The van der Waals surface area contributed by atoms with Crippen LogP contribution in [-0.4, -0.2) is 32.4 Å². The van der Waals surface area contributed by atoms with E-state index in [2.05, 4.69) is 33.6 Å². The third-order valence-corrected chi connectivity index (χ3v) is 7.80. The van der Waals surface area contributed by atoms with Crippen molar-refractivity contribution in [2.24, 2.45) is 5.92 Å². The molecule has 1 aliphatic carbocycles. The number of ketones is 1. The van der Waals surface area contributed by atoms with E-state index >= 15 is 0 Å². The molecule has 40 heavy (non-hydrogen) atoms. The summed E-state index contributed by atoms with van der Waals surface area (Å²) < 4.78 is 61.2. The zero-order valence-electron chi connectivity index (χ0n) is 22.1. The molecule has 1 saturated carbocycles. The SMILES string of the molecule is CCC(C(=O)COc1c(F)c(F)cc(F)c1F)n1cc([C@@](C)(NCc2ccc3ncccc3c2)C2CCC2)nn1. The number of hydrogen-bond acceptors (Lipinski definition) is 6. The first-order chi connectivity index (χ1) is 19.2. The zero-order chi connectivity index (χ0) is 28.4. The number of carbonyl (C=O) groups excluding carboxylic acids is 1. The van der Waals surface area contributed by atoms with E-state index in [9.17, 15) is 22.4 Å². The Balaban J connectivity index is 1.32. The summed E-state index contributed by atoms with van der Waals surface area (Å²) in [6.45, 7) is 3.59. The second kappa shape index (κ2) is 11.3. The molecular weight excluding hydrogens is 526 g/mol. The number of ether oxygens (including phenoxy) is 1. The van der Waals surface area contributed by atoms with E-state index in [-0.39, 0.29) is 12.5 Å². The van der Waals surface area contributed by atoms with Crippen molar-refractivity contribution in [3.63, 3.8) is 0 Å². The van der Waals surface area contributed by atoms with Crippen molar-refractivity contribution in [1.82, 2.24) is 25.3 Å². The molecule has 0 spiro atoms. The Morgan fingerprint density at radius 3 is 2.58 bits per heavy atom. The van der Waals surface area contributed by atoms with Crippen LogP contribution in [-0.2, 0) is 16.9 Å². The van der Waals surface area contributed by atoms with Crippen molar-refractivity contribution in [2.45, 2.75) is 57.7 Å². The predicted octanol–water partition coefficient (Wildman–Crippen LogP) is 5.79. The molecule has 2 atom stereocenters. The van der Waals surface area contributed by atoms with E-state index < -0.39 is 53.0 Å². The van der Waals surface area contributed by atoms with Crippen LogP contribution in [0.15, 0.2) is 48.8 Å². The Labute approximate surface area is 228 Å². The lowest BCUT2D eigenvalue weighted by Crippen LogP contribution is -2.48. The number of fused-ring (bicyclic) bond motifs is 1. The van der Waals surface area contributed by atoms with Gasteiger partial charge in [-0.3, -0.25) is 9.78 Å². The minimum Gasteiger partial charge on any atom is -0.479 e. The third-order valence-electron chi connectivity index (χ3n) is 7.80. The molecule has 0 bridgehead atoms. The lowest BCUT2D eigenvalue weighted by Gasteiger charge is -2.42. The maximum Gasteiger partial charge on any atom is 0.203 e. The van der Waals surface area contributed by atoms with Crippen LogP contribution in [0.3, 0.4) is 0 Å². The van der Waals surface area contributed by atoms with Gasteiger partial charge in [-0.2, -0.15) is 8.78 Å². The van der Waals surface area contributed by atoms with Gasteiger partial charge < -0.3 is 10.1 Å². The summed E-state index contributed by atoms with van der Waals surface area (Å²) in [6.07, 6.45) is 6.89. The Hall–Kier alpha value is -3.86. The lowest BCUT2D eigenvalue weighted by atomic mass is 9.70. The number of nitrogens with one attached hydrogen (secondary N) is 1. The Morgan fingerprint density at radius 1 is 1.15 bits per heavy atom. The highest BCUT2D eigenvalue weighted by Crippen LogP contribution is 2.42. The smallest absolute Gasteiger partial charge is 0.203 e. The number of aromatic nitrogens is 4. The van der Waals surface area contributed by atoms with Crippen LogP contribution < -0.4 is 10.1 Å². The fraction of sp³-hybridized carbons (Fsp3) is 0.379. The summed E-state index contributed by atoms with van der Waals surface area (Å²) in [5, 5.41) is 13.3. The van der Waals surface area contributed by atoms with E-state index in [0.717, 1.165) is 35.7 Å². The Bertz CT molecular complexity index is 1510. The molecule has 0 radical (unpaired) electrons. The van der Waals surface area contributed by atoms with E-state index in [0.29, 0.717) is 18.2 Å². The topological polar surface area (TPSA) is 81.9 Å². The van der Waals surface area contributed by atoms with Gasteiger partial charge in [0.1, 0.15) is 18.3 Å². The minimum atomic E-state index is -1.70. The van der Waals surface area contributed by atoms with E-state index in [1.807, 2.05) is 24.3 Å². The Morgan fingerprint density at radius 2 is 1.90 bits per heavy atom. The van der Waals surface area contributed by atoms with Crippen molar-refractivity contribution in [1.29, 1.82) is 0 Å². The van der Waals surface area contributed by atoms with Gasteiger partial charge in [0, 0.05) is 24.2 Å². The van der Waals surface area contributed by atoms with Gasteiger partial charge in [0.15, 0.2) is 23.2 Å². The molecule has 1 aliphatic rings. The van der Waals surface area contributed by atoms with Gasteiger partial charge in [-0.25, -0.2) is 13.5 Å². The fourth-order valence-corrected chi connectivity index (χ4v) is 5.10. The van der Waals surface area contributed by atoms with Crippen LogP contribution in [0.4, 0.5) is 17.6 Å². The van der Waals surface area contributed by atoms with Crippen LogP contribution in [0.5, 0.6) is 5.75 Å². The second-order valence-electron chi connectivity index (χ2n) is 10.3. The number of halogens is 4. The van der Waals surface area contributed by atoms with Crippen molar-refractivity contribution in [2.75, 3.05) is 6.61 Å². The molecule has 0 aliphatic heterocycles. The van der Waals surface area contributed by atoms with Crippen molar-refractivity contribution in [3.8, 4) is 5.75 Å². The standard InChI is InChI=1S/C29H29F4N5O2/c1-3-23(24(39)16-40-28-26(32)20(30)13-21(31)27(28)33)38-15-25(36-37-38)29(2,19-7-4-8-19)35-14-17-9-10-22-18(12-17)6-5-11-34-22/h5-6,9-13,15,19,23,35H,3-4,7-8,14,16H2,1-2H3/t23?,29-/m0/s1. The largest absolute Gasteiger partial charge is 0.479 e. The molecular formula is C29H29F4N5O2. The van der Waals surface area contributed by atoms with Gasteiger partial charge in [0.25, 0.3) is 0 Å². The van der Waals surface area contributed by atoms with Gasteiger partial charge in [-0.05, 0) is 55.9 Å². The average molecular weight is 556 g/mol. The molecule has 210 valence electrons. The van der Waals surface area contributed by atoms with Crippen molar-refractivity contribution in [3.05, 3.63) is 83.3 Å². The second-order valence-corrected chi connectivity index (χ2v) is 10.3. The van der Waals surface area contributed by atoms with Crippen LogP contribution in [0.25, 0.3) is 10.9 Å². The monoisotopic (exact) mass is 555 g/mol. The highest BCUT2D eigenvalue weighted by Gasteiger charge is 2.41. The van der Waals surface area contributed by atoms with E-state index in [1.54, 1.807) is 19.3 Å². The van der Waals surface area contributed by atoms with Crippen LogP contribution in [0.1, 0.15) is 56.8 Å². The van der Waals surface area contributed by atoms with E-state index in [1.165, 1.54) is 4.68 Å². The molecule has 1 fully saturated rings. The summed E-state index contributed by atoms with van der Waals surface area (Å²) in [7, 11) is 0. The average Bonchev–Trinajstić information content (AvgIpc) is 3.41. The summed E-state index contributed by atoms with van der Waals surface area (Å²) in [5.41, 5.74) is 2.15. The van der Waals surface area contributed by atoms with Crippen LogP contribution in [0, 0.1) is 29.2 Å². The number of nitrogens with zero attached hydrogens (tertiary/aromatic N) is 4. The van der Waals surface area contributed by atoms with Gasteiger partial charge in [-0.15, -0.1) is 5.10 Å². The quantitative estimate of drug-likeness (QED) is 0.187. The van der Waals surface area contributed by atoms with Gasteiger partial charge >= 0.3 is 0 Å². The predicted molar refractivity (Wildman–Crippen MR) is 139 cm³/mol. The molecule has 7 nitrogen and oxygen atoms in total. The van der Waals surface area contributed by atoms with Crippen molar-refractivity contribution >= 4 is 16.7 Å². The number of rotatable bonds is 11. The summed E-state index contributed by atoms with van der Waals surface area (Å²) in [4.78, 5) is 17.3. The molecule has 5 rings (SSSR count). The molecule has 1 unspecified atom stereocenters. The molecule has 2 aromatic heterocycles. The molecule has 0 saturated heterocycles. The summed E-state index contributed by atoms with van der Waals surface area (Å²) >= 11 is 0. The highest BCUT2D eigenvalue weighted by molar-refractivity contribution is 5.84. The maximum absolute atomic E-state index is 14.0. The van der Waals surface area contributed by atoms with Crippen molar-refractivity contribution < 1.29 is 27.1 Å². The summed E-state index contributed by atoms with van der Waals surface area (Å²) in [6, 6.07) is 9.24. The third kappa shape index (κ3) is 5.30. The first kappa shape index (κ1) is 27.7. The van der Waals surface area contributed by atoms with Gasteiger partial charge in [0.2, 0.25) is 11.6 Å². The number of Topliss-reactive ketones (excluding diaryl/α,β-unsaturated/α-hetero) is 1. The number of benzene rings is 2. The number of pyridine rings is 1. The Kier molecular flexibility index (Phi) is 7.84. The van der Waals surface area contributed by atoms with Gasteiger partial charge in [-0.1, -0.05) is 30.7 Å². The first-order valence-electron chi connectivity index (χ1n) is 13.2. The van der Waals surface area contributed by atoms with Gasteiger partial charge in [0.05, 0.1) is 17.3 Å². The maximum atomic E-state index is 14.0.